The zero-order valence-corrected chi connectivity index (χ0v) is 18.0. The minimum Gasteiger partial charge on any atom is -0.359 e. The van der Waals surface area contributed by atoms with Crippen LogP contribution < -0.4 is 10.6 Å². The number of nitrogens with zero attached hydrogens (tertiary/aromatic N) is 4. The Morgan fingerprint density at radius 3 is 2.52 bits per heavy atom. The summed E-state index contributed by atoms with van der Waals surface area (Å²) in [5.41, 5.74) is 3.15. The Bertz CT molecular complexity index is 839. The van der Waals surface area contributed by atoms with Crippen molar-refractivity contribution in [1.82, 2.24) is 25.6 Å². The second-order valence-electron chi connectivity index (χ2n) is 6.27. The van der Waals surface area contributed by atoms with Gasteiger partial charge in [0.05, 0.1) is 17.9 Å². The lowest BCUT2D eigenvalue weighted by Crippen LogP contribution is -2.36. The Labute approximate surface area is 176 Å². The highest BCUT2D eigenvalue weighted by Gasteiger charge is 2.08. The number of aliphatic imine (C=N–C) groups is 1. The lowest BCUT2D eigenvalue weighted by Gasteiger charge is -2.11. The van der Waals surface area contributed by atoms with Crippen LogP contribution in [0.1, 0.15) is 36.8 Å². The Kier molecular flexibility index (Phi) is 7.83. The summed E-state index contributed by atoms with van der Waals surface area (Å²) in [4.78, 5) is 4.24. The van der Waals surface area contributed by atoms with Crippen LogP contribution in [0.4, 0.5) is 0 Å². The van der Waals surface area contributed by atoms with Gasteiger partial charge in [0, 0.05) is 32.1 Å². The van der Waals surface area contributed by atoms with Crippen molar-refractivity contribution in [3.05, 3.63) is 65.8 Å². The molecular formula is C19H25IN6O. The van der Waals surface area contributed by atoms with Gasteiger partial charge in [0.25, 0.3) is 0 Å². The Balaban J connectivity index is 0.00000261. The molecule has 0 aliphatic rings. The number of halogens is 1. The smallest absolute Gasteiger partial charge is 0.191 e. The maximum absolute atomic E-state index is 5.33. The van der Waals surface area contributed by atoms with E-state index in [0.717, 1.165) is 22.7 Å². The molecule has 0 unspecified atom stereocenters. The van der Waals surface area contributed by atoms with Gasteiger partial charge in [-0.05, 0) is 29.7 Å². The summed E-state index contributed by atoms with van der Waals surface area (Å²) in [5, 5.41) is 14.8. The highest BCUT2D eigenvalue weighted by atomic mass is 127. The van der Waals surface area contributed by atoms with Crippen molar-refractivity contribution in [3.8, 4) is 5.69 Å². The highest BCUT2D eigenvalue weighted by Crippen LogP contribution is 2.13. The van der Waals surface area contributed by atoms with Crippen LogP contribution in [0.15, 0.2) is 58.3 Å². The van der Waals surface area contributed by atoms with Gasteiger partial charge in [0.2, 0.25) is 0 Å². The van der Waals surface area contributed by atoms with Crippen molar-refractivity contribution in [1.29, 1.82) is 0 Å². The topological polar surface area (TPSA) is 80.3 Å². The van der Waals surface area contributed by atoms with E-state index in [1.807, 2.05) is 35.1 Å². The van der Waals surface area contributed by atoms with Gasteiger partial charge < -0.3 is 15.2 Å². The summed E-state index contributed by atoms with van der Waals surface area (Å²) in [6.45, 7) is 5.39. The quantitative estimate of drug-likeness (QED) is 0.321. The van der Waals surface area contributed by atoms with Crippen LogP contribution in [0, 0.1) is 0 Å². The number of hydrogen-bond donors (Lipinski definition) is 2. The monoisotopic (exact) mass is 480 g/mol. The Morgan fingerprint density at radius 2 is 1.93 bits per heavy atom. The number of benzene rings is 1. The van der Waals surface area contributed by atoms with Gasteiger partial charge in [-0.15, -0.1) is 24.0 Å². The summed E-state index contributed by atoms with van der Waals surface area (Å²) in [7, 11) is 1.75. The zero-order valence-electron chi connectivity index (χ0n) is 15.7. The molecule has 0 spiro atoms. The fourth-order valence-corrected chi connectivity index (χ4v) is 2.45. The van der Waals surface area contributed by atoms with E-state index < -0.39 is 0 Å². The van der Waals surface area contributed by atoms with E-state index in [0.29, 0.717) is 25.0 Å². The molecule has 7 nitrogen and oxygen atoms in total. The van der Waals surface area contributed by atoms with E-state index in [-0.39, 0.29) is 24.0 Å². The van der Waals surface area contributed by atoms with E-state index >= 15 is 0 Å². The predicted octanol–water partition coefficient (Wildman–Crippen LogP) is 3.47. The van der Waals surface area contributed by atoms with Crippen LogP contribution >= 0.6 is 24.0 Å². The van der Waals surface area contributed by atoms with Crippen molar-refractivity contribution >= 4 is 29.9 Å². The lowest BCUT2D eigenvalue weighted by molar-refractivity contribution is 0.372. The molecule has 0 fully saturated rings. The molecule has 0 aliphatic carbocycles. The molecule has 3 rings (SSSR count). The fourth-order valence-electron chi connectivity index (χ4n) is 2.45. The van der Waals surface area contributed by atoms with Crippen LogP contribution in [0.25, 0.3) is 5.69 Å². The Hall–Kier alpha value is -2.36. The molecule has 0 atom stereocenters. The summed E-state index contributed by atoms with van der Waals surface area (Å²) < 4.78 is 7.16. The summed E-state index contributed by atoms with van der Waals surface area (Å²) >= 11 is 0. The minimum atomic E-state index is 0. The van der Waals surface area contributed by atoms with Crippen molar-refractivity contribution in [2.75, 3.05) is 7.05 Å². The second-order valence-corrected chi connectivity index (χ2v) is 6.27. The van der Waals surface area contributed by atoms with Crippen molar-refractivity contribution in [2.24, 2.45) is 4.99 Å². The Morgan fingerprint density at radius 1 is 1.19 bits per heavy atom. The first-order valence-corrected chi connectivity index (χ1v) is 8.64. The molecular weight excluding hydrogens is 455 g/mol. The number of hydrogen-bond acceptors (Lipinski definition) is 4. The molecule has 0 saturated heterocycles. The molecule has 0 amide bonds. The maximum Gasteiger partial charge on any atom is 0.191 e. The van der Waals surface area contributed by atoms with Gasteiger partial charge in [-0.2, -0.15) is 5.10 Å². The second kappa shape index (κ2) is 10.1. The van der Waals surface area contributed by atoms with E-state index in [1.165, 1.54) is 0 Å². The van der Waals surface area contributed by atoms with Crippen molar-refractivity contribution < 1.29 is 4.52 Å². The van der Waals surface area contributed by atoms with E-state index in [4.69, 9.17) is 4.52 Å². The molecule has 2 N–H and O–H groups in total. The molecule has 0 bridgehead atoms. The first-order valence-electron chi connectivity index (χ1n) is 8.64. The third-order valence-corrected chi connectivity index (χ3v) is 3.99. The SMILES string of the molecule is CN=C(NCc1ccc(-n2cccn2)cc1)NCc1cc(C(C)C)no1.I. The molecule has 144 valence electrons. The van der Waals surface area contributed by atoms with E-state index in [1.54, 1.807) is 13.2 Å². The molecule has 0 radical (unpaired) electrons. The average Bonchev–Trinajstić information content (AvgIpc) is 3.34. The zero-order chi connectivity index (χ0) is 18.4. The van der Waals surface area contributed by atoms with Gasteiger partial charge in [-0.3, -0.25) is 4.99 Å². The standard InChI is InChI=1S/C19H24N6O.HI/c1-14(2)18-11-17(26-24-18)13-22-19(20-3)21-12-15-5-7-16(8-6-15)25-10-4-9-23-25;/h4-11,14H,12-13H2,1-3H3,(H2,20,21,22);1H. The summed E-state index contributed by atoms with van der Waals surface area (Å²) in [5.74, 6) is 1.86. The molecule has 1 aromatic carbocycles. The van der Waals surface area contributed by atoms with Crippen LogP contribution in [0.2, 0.25) is 0 Å². The number of guanidine groups is 1. The van der Waals surface area contributed by atoms with Crippen LogP contribution in [0.3, 0.4) is 0 Å². The predicted molar refractivity (Wildman–Crippen MR) is 117 cm³/mol. The van der Waals surface area contributed by atoms with Gasteiger partial charge in [0.15, 0.2) is 11.7 Å². The average molecular weight is 480 g/mol. The third kappa shape index (κ3) is 5.81. The molecule has 0 saturated carbocycles. The molecule has 0 aliphatic heterocycles. The van der Waals surface area contributed by atoms with E-state index in [2.05, 4.69) is 51.9 Å². The maximum atomic E-state index is 5.33. The molecule has 8 heteroatoms. The van der Waals surface area contributed by atoms with Gasteiger partial charge in [0.1, 0.15) is 0 Å². The van der Waals surface area contributed by atoms with Gasteiger partial charge >= 0.3 is 0 Å². The van der Waals surface area contributed by atoms with Crippen molar-refractivity contribution in [2.45, 2.75) is 32.9 Å². The van der Waals surface area contributed by atoms with Crippen LogP contribution in [0.5, 0.6) is 0 Å². The normalized spacial score (nSPS) is 11.3. The number of rotatable bonds is 6. The first-order chi connectivity index (χ1) is 12.7. The fraction of sp³-hybridized carbons (Fsp3) is 0.316. The number of nitrogens with one attached hydrogen (secondary N) is 2. The number of aromatic nitrogens is 3. The molecule has 27 heavy (non-hydrogen) atoms. The third-order valence-electron chi connectivity index (χ3n) is 3.99. The lowest BCUT2D eigenvalue weighted by atomic mass is 10.1. The minimum absolute atomic E-state index is 0. The first kappa shape index (κ1) is 20.9. The van der Waals surface area contributed by atoms with Crippen LogP contribution in [-0.4, -0.2) is 27.9 Å². The van der Waals surface area contributed by atoms with Crippen molar-refractivity contribution in [3.63, 3.8) is 0 Å². The van der Waals surface area contributed by atoms with Crippen LogP contribution in [-0.2, 0) is 13.1 Å². The highest BCUT2D eigenvalue weighted by molar-refractivity contribution is 14.0. The molecule has 2 aromatic heterocycles. The van der Waals surface area contributed by atoms with Gasteiger partial charge in [-0.1, -0.05) is 31.1 Å². The molecule has 3 aromatic rings. The van der Waals surface area contributed by atoms with Gasteiger partial charge in [-0.25, -0.2) is 4.68 Å². The summed E-state index contributed by atoms with van der Waals surface area (Å²) in [6.07, 6.45) is 3.69. The summed E-state index contributed by atoms with van der Waals surface area (Å²) in [6, 6.07) is 12.1. The largest absolute Gasteiger partial charge is 0.359 e. The van der Waals surface area contributed by atoms with E-state index in [9.17, 15) is 0 Å². The molecule has 2 heterocycles.